The molecule has 2 rings (SSSR count). The van der Waals surface area contributed by atoms with Gasteiger partial charge in [0.1, 0.15) is 0 Å². The van der Waals surface area contributed by atoms with Gasteiger partial charge >= 0.3 is 0 Å². The van der Waals surface area contributed by atoms with Gasteiger partial charge in [-0.15, -0.1) is 5.10 Å². The van der Waals surface area contributed by atoms with Crippen molar-refractivity contribution in [3.63, 3.8) is 0 Å². The van der Waals surface area contributed by atoms with Crippen LogP contribution in [0.15, 0.2) is 22.7 Å². The van der Waals surface area contributed by atoms with Crippen LogP contribution in [0.5, 0.6) is 0 Å². The Morgan fingerprint density at radius 1 is 1.54 bits per heavy atom. The van der Waals surface area contributed by atoms with Crippen molar-refractivity contribution in [1.82, 2.24) is 15.2 Å². The number of rotatable bonds is 1. The third-order valence-corrected chi connectivity index (χ3v) is 1.85. The van der Waals surface area contributed by atoms with E-state index < -0.39 is 0 Å². The number of nitrogens with one attached hydrogen (secondary N) is 1. The second-order valence-electron chi connectivity index (χ2n) is 2.55. The molecule has 5 heteroatoms. The summed E-state index contributed by atoms with van der Waals surface area (Å²) in [5.74, 6) is 0.482. The summed E-state index contributed by atoms with van der Waals surface area (Å²) in [5, 5.41) is 6.48. The minimum absolute atomic E-state index is 0.276. The van der Waals surface area contributed by atoms with Gasteiger partial charge in [-0.2, -0.15) is 0 Å². The van der Waals surface area contributed by atoms with E-state index in [2.05, 4.69) is 15.2 Å². The molecule has 66 valence electrons. The first-order valence-electron chi connectivity index (χ1n) is 3.75. The maximum atomic E-state index is 5.16. The van der Waals surface area contributed by atoms with Crippen LogP contribution < -0.4 is 0 Å². The van der Waals surface area contributed by atoms with Gasteiger partial charge in [-0.1, -0.05) is 0 Å². The molecule has 0 spiro atoms. The Morgan fingerprint density at radius 3 is 3.00 bits per heavy atom. The number of H-pyrrole nitrogens is 1. The molecule has 0 radical (unpaired) electrons. The minimum atomic E-state index is 0.276. The fourth-order valence-electron chi connectivity index (χ4n) is 1.06. The summed E-state index contributed by atoms with van der Waals surface area (Å²) in [6.45, 7) is 1.89. The minimum Gasteiger partial charge on any atom is -0.409 e. The van der Waals surface area contributed by atoms with Crippen LogP contribution in [-0.2, 0) is 0 Å². The average molecular weight is 193 g/mol. The third-order valence-electron chi connectivity index (χ3n) is 1.68. The van der Waals surface area contributed by atoms with Gasteiger partial charge in [0.15, 0.2) is 0 Å². The quantitative estimate of drug-likeness (QED) is 0.705. The zero-order chi connectivity index (χ0) is 9.26. The normalized spacial score (nSPS) is 10.2. The fourth-order valence-corrected chi connectivity index (χ4v) is 1.18. The fraction of sp³-hybridized carbons (Fsp3) is 0.125. The van der Waals surface area contributed by atoms with Crippen LogP contribution >= 0.6 is 12.2 Å². The molecule has 2 heterocycles. The maximum absolute atomic E-state index is 5.16. The topological polar surface area (TPSA) is 54.7 Å². The summed E-state index contributed by atoms with van der Waals surface area (Å²) >= 11 is 4.77. The van der Waals surface area contributed by atoms with Crippen molar-refractivity contribution in [1.29, 1.82) is 0 Å². The highest BCUT2D eigenvalue weighted by Gasteiger charge is 2.06. The predicted octanol–water partition coefficient (Wildman–Crippen LogP) is 2.10. The van der Waals surface area contributed by atoms with Crippen molar-refractivity contribution in [2.75, 3.05) is 0 Å². The second kappa shape index (κ2) is 3.10. The van der Waals surface area contributed by atoms with Crippen molar-refractivity contribution in [2.24, 2.45) is 0 Å². The lowest BCUT2D eigenvalue weighted by Crippen LogP contribution is -1.86. The van der Waals surface area contributed by atoms with Crippen molar-refractivity contribution >= 4 is 12.2 Å². The van der Waals surface area contributed by atoms with E-state index in [4.69, 9.17) is 16.6 Å². The smallest absolute Gasteiger partial charge is 0.284 e. The number of hydrogen-bond acceptors (Lipinski definition) is 4. The molecular formula is C8H7N3OS. The Bertz CT molecular complexity index is 474. The summed E-state index contributed by atoms with van der Waals surface area (Å²) < 4.78 is 5.16. The largest absolute Gasteiger partial charge is 0.409 e. The van der Waals surface area contributed by atoms with E-state index in [1.54, 1.807) is 6.20 Å². The molecule has 0 unspecified atom stereocenters. The van der Waals surface area contributed by atoms with Crippen molar-refractivity contribution in [2.45, 2.75) is 6.92 Å². The molecule has 13 heavy (non-hydrogen) atoms. The predicted molar refractivity (Wildman–Crippen MR) is 49.7 cm³/mol. The monoisotopic (exact) mass is 193 g/mol. The highest BCUT2D eigenvalue weighted by molar-refractivity contribution is 7.71. The zero-order valence-electron chi connectivity index (χ0n) is 6.94. The van der Waals surface area contributed by atoms with E-state index in [1.165, 1.54) is 0 Å². The number of hydrogen-bond donors (Lipinski definition) is 1. The van der Waals surface area contributed by atoms with Crippen LogP contribution in [-0.4, -0.2) is 15.2 Å². The van der Waals surface area contributed by atoms with Gasteiger partial charge in [0, 0.05) is 11.9 Å². The molecule has 0 fully saturated rings. The van der Waals surface area contributed by atoms with Crippen LogP contribution in [0, 0.1) is 11.8 Å². The molecule has 2 aromatic rings. The Labute approximate surface area is 79.6 Å². The highest BCUT2D eigenvalue weighted by Crippen LogP contribution is 2.18. The van der Waals surface area contributed by atoms with E-state index in [-0.39, 0.29) is 4.84 Å². The van der Waals surface area contributed by atoms with Gasteiger partial charge < -0.3 is 4.42 Å². The summed E-state index contributed by atoms with van der Waals surface area (Å²) in [5.41, 5.74) is 1.72. The molecule has 4 nitrogen and oxygen atoms in total. The molecule has 0 aliphatic carbocycles. The molecule has 0 aliphatic heterocycles. The zero-order valence-corrected chi connectivity index (χ0v) is 7.76. The van der Waals surface area contributed by atoms with E-state index in [0.717, 1.165) is 11.3 Å². The third kappa shape index (κ3) is 1.50. The number of aromatic amines is 1. The van der Waals surface area contributed by atoms with Gasteiger partial charge in [0.2, 0.25) is 5.89 Å². The van der Waals surface area contributed by atoms with E-state index in [9.17, 15) is 0 Å². The average Bonchev–Trinajstić information content (AvgIpc) is 2.53. The molecule has 0 saturated carbocycles. The van der Waals surface area contributed by atoms with E-state index >= 15 is 0 Å². The first kappa shape index (κ1) is 8.12. The Morgan fingerprint density at radius 2 is 2.38 bits per heavy atom. The van der Waals surface area contributed by atoms with Gasteiger partial charge in [-0.05, 0) is 31.3 Å². The van der Waals surface area contributed by atoms with Crippen LogP contribution in [0.4, 0.5) is 0 Å². The molecule has 0 aliphatic rings. The lowest BCUT2D eigenvalue weighted by Gasteiger charge is -1.96. The molecular weight excluding hydrogens is 186 g/mol. The first-order chi connectivity index (χ1) is 6.27. The van der Waals surface area contributed by atoms with Crippen LogP contribution in [0.25, 0.3) is 11.5 Å². The first-order valence-corrected chi connectivity index (χ1v) is 4.15. The Kier molecular flexibility index (Phi) is 1.94. The molecule has 1 N–H and O–H groups in total. The van der Waals surface area contributed by atoms with Crippen molar-refractivity contribution < 1.29 is 4.42 Å². The van der Waals surface area contributed by atoms with Crippen molar-refractivity contribution in [3.8, 4) is 11.5 Å². The number of aromatic nitrogens is 3. The van der Waals surface area contributed by atoms with E-state index in [0.29, 0.717) is 5.89 Å². The maximum Gasteiger partial charge on any atom is 0.284 e. The summed E-state index contributed by atoms with van der Waals surface area (Å²) in [7, 11) is 0. The number of pyridine rings is 1. The molecule has 0 aromatic carbocycles. The van der Waals surface area contributed by atoms with Gasteiger partial charge in [-0.25, -0.2) is 5.10 Å². The second-order valence-corrected chi connectivity index (χ2v) is 2.93. The molecule has 0 saturated heterocycles. The van der Waals surface area contributed by atoms with Crippen molar-refractivity contribution in [3.05, 3.63) is 28.9 Å². The van der Waals surface area contributed by atoms with Gasteiger partial charge in [-0.3, -0.25) is 4.98 Å². The molecule has 0 atom stereocenters. The number of aryl methyl sites for hydroxylation is 1. The van der Waals surface area contributed by atoms with E-state index in [1.807, 2.05) is 19.1 Å². The van der Waals surface area contributed by atoms with Crippen LogP contribution in [0.2, 0.25) is 0 Å². The lowest BCUT2D eigenvalue weighted by molar-refractivity contribution is 0.551. The standard InChI is InChI=1S/C8H7N3OS/c1-5-6(3-2-4-9-5)7-10-11-8(13)12-7/h2-4H,1H3,(H,11,13). The molecule has 0 bridgehead atoms. The SMILES string of the molecule is Cc1ncccc1-c1n[nH]c(=S)o1. The molecule has 2 aromatic heterocycles. The van der Waals surface area contributed by atoms with Gasteiger partial charge in [0.05, 0.1) is 5.56 Å². The number of nitrogens with zero attached hydrogens (tertiary/aromatic N) is 2. The Balaban J connectivity index is 2.58. The summed E-state index contributed by atoms with van der Waals surface area (Å²) in [6, 6.07) is 3.71. The summed E-state index contributed by atoms with van der Waals surface area (Å²) in [4.78, 5) is 4.39. The molecule has 0 amide bonds. The highest BCUT2D eigenvalue weighted by atomic mass is 32.1. The lowest BCUT2D eigenvalue weighted by atomic mass is 10.2. The Hall–Kier alpha value is -1.49. The summed E-state index contributed by atoms with van der Waals surface area (Å²) in [6.07, 6.45) is 1.72. The van der Waals surface area contributed by atoms with Gasteiger partial charge in [0.25, 0.3) is 4.84 Å². The van der Waals surface area contributed by atoms with Crippen LogP contribution in [0.1, 0.15) is 5.69 Å². The van der Waals surface area contributed by atoms with Crippen LogP contribution in [0.3, 0.4) is 0 Å².